The van der Waals surface area contributed by atoms with E-state index in [1.807, 2.05) is 13.8 Å². The highest BCUT2D eigenvalue weighted by molar-refractivity contribution is 5.78. The Morgan fingerprint density at radius 1 is 0.676 bits per heavy atom. The van der Waals surface area contributed by atoms with Crippen LogP contribution in [0.4, 0.5) is 0 Å². The molecule has 0 aromatic carbocycles. The molecule has 388 valence electrons. The number of allylic oxidation sites excluding steroid dienone is 2. The summed E-state index contributed by atoms with van der Waals surface area (Å²) in [6, 6.07) is 0. The zero-order valence-corrected chi connectivity index (χ0v) is 43.5. The Labute approximate surface area is 405 Å². The molecule has 3 aliphatic heterocycles. The van der Waals surface area contributed by atoms with Gasteiger partial charge in [-0.2, -0.15) is 0 Å². The summed E-state index contributed by atoms with van der Waals surface area (Å²) in [6.07, 6.45) is 3.46. The second-order valence-electron chi connectivity index (χ2n) is 23.9. The van der Waals surface area contributed by atoms with E-state index < -0.39 is 72.5 Å². The topological polar surface area (TPSA) is 163 Å². The van der Waals surface area contributed by atoms with Gasteiger partial charge in [-0.1, -0.05) is 60.1 Å². The van der Waals surface area contributed by atoms with Gasteiger partial charge in [0.05, 0.1) is 32.3 Å². The molecule has 0 N–H and O–H groups in total. The molecule has 0 aromatic heterocycles. The monoisotopic (exact) mass is 965 g/mol. The quantitative estimate of drug-likeness (QED) is 0.0687. The fourth-order valence-corrected chi connectivity index (χ4v) is 15.5. The number of fused-ring (bicyclic) bond motifs is 8. The van der Waals surface area contributed by atoms with Crippen LogP contribution in [0.5, 0.6) is 0 Å². The summed E-state index contributed by atoms with van der Waals surface area (Å²) in [4.78, 5) is 27.6. The molecule has 7 fully saturated rings. The van der Waals surface area contributed by atoms with Crippen LogP contribution in [-0.2, 0) is 75.9 Å². The van der Waals surface area contributed by atoms with Crippen LogP contribution in [0, 0.1) is 50.2 Å². The molecule has 1 unspecified atom stereocenters. The van der Waals surface area contributed by atoms with E-state index in [4.69, 9.17) is 66.3 Å². The normalized spacial score (nSPS) is 45.6. The van der Waals surface area contributed by atoms with Crippen molar-refractivity contribution < 1.29 is 75.9 Å². The van der Waals surface area contributed by atoms with Crippen LogP contribution in [0.25, 0.3) is 0 Å². The summed E-state index contributed by atoms with van der Waals surface area (Å²) >= 11 is 0. The van der Waals surface area contributed by atoms with Gasteiger partial charge < -0.3 is 66.3 Å². The Morgan fingerprint density at radius 3 is 2.00 bits per heavy atom. The second-order valence-corrected chi connectivity index (χ2v) is 23.9. The fourth-order valence-electron chi connectivity index (χ4n) is 15.5. The van der Waals surface area contributed by atoms with Gasteiger partial charge in [0.1, 0.15) is 57.0 Å². The maximum absolute atomic E-state index is 13.8. The number of methoxy groups -OCH3 is 5. The fraction of sp³-hybridized carbons (Fsp3) is 0.923. The molecule has 4 saturated carbocycles. The van der Waals surface area contributed by atoms with Crippen LogP contribution < -0.4 is 0 Å². The summed E-state index contributed by atoms with van der Waals surface area (Å²) in [6.45, 7) is 20.5. The SMILES string of the molecule is COCO[C@@H]1[C@H](O[C@@H]2[C@@H](OCOC)[C@H](O[C@H]3CC[C@@]4(C)C(CC[C@]5(C)[C@@H]4CC=C4[C@@H]6CC(C)(C)CC[C@]6(C(=O)OC)CC[C@]45C)C3(C)C)O[C@H](C(=O)OC)[C@H]2OCOC)OC[C@@H]2OC(C)(C)O[C@H]12. The zero-order valence-electron chi connectivity index (χ0n) is 43.5. The first kappa shape index (κ1) is 52.5. The van der Waals surface area contributed by atoms with E-state index >= 15 is 0 Å². The molecule has 8 aliphatic rings. The highest BCUT2D eigenvalue weighted by Crippen LogP contribution is 2.76. The van der Waals surface area contributed by atoms with E-state index in [1.165, 1.54) is 34.0 Å². The van der Waals surface area contributed by atoms with Crippen LogP contribution in [0.2, 0.25) is 0 Å². The van der Waals surface area contributed by atoms with Crippen molar-refractivity contribution in [1.82, 2.24) is 0 Å². The van der Waals surface area contributed by atoms with Gasteiger partial charge in [0.25, 0.3) is 0 Å². The van der Waals surface area contributed by atoms with Gasteiger partial charge in [0.15, 0.2) is 24.5 Å². The smallest absolute Gasteiger partial charge is 0.337 e. The average molecular weight is 965 g/mol. The Hall–Kier alpha value is -1.80. The number of hydrogen-bond acceptors (Lipinski definition) is 16. The van der Waals surface area contributed by atoms with E-state index in [0.717, 1.165) is 64.2 Å². The lowest BCUT2D eigenvalue weighted by atomic mass is 9.33. The molecule has 5 aliphatic carbocycles. The van der Waals surface area contributed by atoms with Gasteiger partial charge in [-0.25, -0.2) is 4.79 Å². The predicted molar refractivity (Wildman–Crippen MR) is 245 cm³/mol. The minimum atomic E-state index is -1.30. The molecule has 3 heterocycles. The Kier molecular flexibility index (Phi) is 15.1. The zero-order chi connectivity index (χ0) is 49.2. The minimum absolute atomic E-state index is 0.00321. The van der Waals surface area contributed by atoms with E-state index in [2.05, 4.69) is 54.5 Å². The summed E-state index contributed by atoms with van der Waals surface area (Å²) in [7, 11) is 7.44. The van der Waals surface area contributed by atoms with Gasteiger partial charge in [-0.05, 0) is 123 Å². The van der Waals surface area contributed by atoms with E-state index in [9.17, 15) is 9.59 Å². The summed E-state index contributed by atoms with van der Waals surface area (Å²) in [5.74, 6) is -0.660. The number of carbonyl (C=O) groups is 2. The summed E-state index contributed by atoms with van der Waals surface area (Å²) < 4.78 is 85.8. The standard InChI is InChI=1S/C52H84O16/c1-46(2)21-23-52(45(54)59-14)24-22-50(8)30(31(52)25-46)15-16-34-49(7)19-18-35(47(3,4)33(49)17-20-51(34,50)9)64-44-41(63-29-57-12)38(37(61-27-55-10)39(66-44)42(53)58-13)65-43-40(62-28-56-11)36-32(26-60-43)67-48(5,6)68-36/h15,31-41,43-44H,16-29H2,1-14H3/t31-,32-,33?,34+,35-,36-,37-,38-,39-,40-,41+,43-,44+,49-,50+,51+,52-/m0/s1. The predicted octanol–water partition coefficient (Wildman–Crippen LogP) is 7.47. The maximum atomic E-state index is 13.8. The molecule has 68 heavy (non-hydrogen) atoms. The maximum Gasteiger partial charge on any atom is 0.337 e. The molecule has 16 heteroatoms. The lowest BCUT2D eigenvalue weighted by Crippen LogP contribution is -2.67. The van der Waals surface area contributed by atoms with Gasteiger partial charge in [0, 0.05) is 21.3 Å². The third-order valence-electron chi connectivity index (χ3n) is 19.1. The largest absolute Gasteiger partial charge is 0.469 e. The lowest BCUT2D eigenvalue weighted by molar-refractivity contribution is -0.374. The van der Waals surface area contributed by atoms with Crippen molar-refractivity contribution in [3.05, 3.63) is 11.6 Å². The molecule has 0 radical (unpaired) electrons. The summed E-state index contributed by atoms with van der Waals surface area (Å²) in [5, 5.41) is 0. The van der Waals surface area contributed by atoms with Crippen molar-refractivity contribution >= 4 is 11.9 Å². The van der Waals surface area contributed by atoms with Gasteiger partial charge in [-0.3, -0.25) is 4.79 Å². The number of rotatable bonds is 15. The number of carbonyl (C=O) groups excluding carboxylic acids is 2. The van der Waals surface area contributed by atoms with Crippen molar-refractivity contribution in [1.29, 1.82) is 0 Å². The Bertz CT molecular complexity index is 1840. The number of ether oxygens (including phenoxy) is 14. The first-order chi connectivity index (χ1) is 32.1. The first-order valence-corrected chi connectivity index (χ1v) is 25.2. The van der Waals surface area contributed by atoms with Gasteiger partial charge >= 0.3 is 11.9 Å². The van der Waals surface area contributed by atoms with Crippen LogP contribution in [0.3, 0.4) is 0 Å². The molecule has 0 aromatic rings. The highest BCUT2D eigenvalue weighted by Gasteiger charge is 2.70. The van der Waals surface area contributed by atoms with Crippen molar-refractivity contribution in [3.8, 4) is 0 Å². The van der Waals surface area contributed by atoms with Crippen molar-refractivity contribution in [2.24, 2.45) is 50.2 Å². The average Bonchev–Trinajstić information content (AvgIpc) is 3.62. The lowest BCUT2D eigenvalue weighted by Gasteiger charge is -2.71. The van der Waals surface area contributed by atoms with Crippen molar-refractivity contribution in [2.75, 3.05) is 62.5 Å². The summed E-state index contributed by atoms with van der Waals surface area (Å²) in [5.41, 5.74) is 0.893. The first-order valence-electron chi connectivity index (χ1n) is 25.2. The molecule has 0 spiro atoms. The Morgan fingerprint density at radius 2 is 1.34 bits per heavy atom. The molecule has 0 bridgehead atoms. The van der Waals surface area contributed by atoms with Gasteiger partial charge in [0.2, 0.25) is 0 Å². The van der Waals surface area contributed by atoms with E-state index in [0.29, 0.717) is 11.8 Å². The molecular formula is C52H84O16. The van der Waals surface area contributed by atoms with Crippen LogP contribution in [0.15, 0.2) is 11.6 Å². The van der Waals surface area contributed by atoms with Crippen LogP contribution >= 0.6 is 0 Å². The second kappa shape index (κ2) is 19.6. The van der Waals surface area contributed by atoms with E-state index in [1.54, 1.807) is 7.11 Å². The van der Waals surface area contributed by atoms with Crippen molar-refractivity contribution in [3.63, 3.8) is 0 Å². The van der Waals surface area contributed by atoms with Gasteiger partial charge in [-0.15, -0.1) is 0 Å². The molecular weight excluding hydrogens is 881 g/mol. The molecule has 0 amide bonds. The molecule has 16 nitrogen and oxygen atoms in total. The third-order valence-corrected chi connectivity index (χ3v) is 19.1. The van der Waals surface area contributed by atoms with Crippen LogP contribution in [-0.4, -0.2) is 142 Å². The van der Waals surface area contributed by atoms with Crippen molar-refractivity contribution in [2.45, 2.75) is 194 Å². The third kappa shape index (κ3) is 8.85. The molecule has 3 saturated heterocycles. The highest BCUT2D eigenvalue weighted by atomic mass is 16.8. The molecule has 17 atom stereocenters. The number of hydrogen-bond donors (Lipinski definition) is 0. The number of esters is 2. The Balaban J connectivity index is 1.09. The van der Waals surface area contributed by atoms with Crippen LogP contribution in [0.1, 0.15) is 127 Å². The van der Waals surface area contributed by atoms with E-state index in [-0.39, 0.29) is 72.1 Å². The minimum Gasteiger partial charge on any atom is -0.469 e. The molecule has 8 rings (SSSR count).